The summed E-state index contributed by atoms with van der Waals surface area (Å²) in [7, 11) is 0. The van der Waals surface area contributed by atoms with E-state index in [1.807, 2.05) is 6.92 Å². The summed E-state index contributed by atoms with van der Waals surface area (Å²) in [5.41, 5.74) is 8.16. The quantitative estimate of drug-likeness (QED) is 0.781. The minimum atomic E-state index is 0.570. The third-order valence-electron chi connectivity index (χ3n) is 2.77. The van der Waals surface area contributed by atoms with Crippen molar-refractivity contribution in [3.05, 3.63) is 36.0 Å². The van der Waals surface area contributed by atoms with E-state index in [1.54, 1.807) is 0 Å². The zero-order chi connectivity index (χ0) is 11.4. The summed E-state index contributed by atoms with van der Waals surface area (Å²) in [6.45, 7) is 4.95. The molecule has 1 aromatic carbocycles. The molecule has 0 radical (unpaired) electrons. The first-order chi connectivity index (χ1) is 7.86. The molecule has 0 aliphatic rings. The Hall–Kier alpha value is -1.32. The third-order valence-corrected chi connectivity index (χ3v) is 2.77. The first kappa shape index (κ1) is 11.2. The van der Waals surface area contributed by atoms with Crippen LogP contribution in [0.4, 0.5) is 0 Å². The van der Waals surface area contributed by atoms with Crippen LogP contribution in [0.1, 0.15) is 12.6 Å². The molecular formula is C13H18N2O. The van der Waals surface area contributed by atoms with Crippen molar-refractivity contribution in [2.24, 2.45) is 5.73 Å². The van der Waals surface area contributed by atoms with Gasteiger partial charge in [0.2, 0.25) is 0 Å². The number of fused-ring (bicyclic) bond motifs is 1. The maximum Gasteiger partial charge on any atom is 0.0645 e. The number of nitrogens with zero attached hydrogens (tertiary/aromatic N) is 1. The number of nitrogens with two attached hydrogens (primary N) is 1. The molecular weight excluding hydrogens is 200 g/mol. The van der Waals surface area contributed by atoms with Gasteiger partial charge in [0.25, 0.3) is 0 Å². The summed E-state index contributed by atoms with van der Waals surface area (Å²) in [6.07, 6.45) is 0. The Balaban J connectivity index is 2.32. The number of ether oxygens (including phenoxy) is 1. The summed E-state index contributed by atoms with van der Waals surface area (Å²) in [5.74, 6) is 0. The van der Waals surface area contributed by atoms with Crippen molar-refractivity contribution in [3.63, 3.8) is 0 Å². The van der Waals surface area contributed by atoms with Crippen LogP contribution in [0.2, 0.25) is 0 Å². The molecule has 0 saturated carbocycles. The molecule has 3 heteroatoms. The fraction of sp³-hybridized carbons (Fsp3) is 0.385. The van der Waals surface area contributed by atoms with Crippen molar-refractivity contribution in [1.29, 1.82) is 0 Å². The van der Waals surface area contributed by atoms with E-state index in [9.17, 15) is 0 Å². The standard InChI is InChI=1S/C13H18N2O/c1-2-16-8-7-15-12(10-14)9-11-5-3-4-6-13(11)15/h3-6,9H,2,7-8,10,14H2,1H3. The second kappa shape index (κ2) is 5.14. The second-order valence-electron chi connectivity index (χ2n) is 3.75. The van der Waals surface area contributed by atoms with Crippen molar-refractivity contribution >= 4 is 10.9 Å². The number of aromatic nitrogens is 1. The molecule has 0 fully saturated rings. The van der Waals surface area contributed by atoms with Crippen LogP contribution in [0.3, 0.4) is 0 Å². The molecule has 0 spiro atoms. The predicted octanol–water partition coefficient (Wildman–Crippen LogP) is 2.14. The van der Waals surface area contributed by atoms with Gasteiger partial charge in [-0.05, 0) is 24.4 Å². The number of hydrogen-bond acceptors (Lipinski definition) is 2. The number of benzene rings is 1. The van der Waals surface area contributed by atoms with Crippen molar-refractivity contribution in [2.75, 3.05) is 13.2 Å². The summed E-state index contributed by atoms with van der Waals surface area (Å²) < 4.78 is 7.63. The lowest BCUT2D eigenvalue weighted by molar-refractivity contribution is 0.139. The topological polar surface area (TPSA) is 40.2 Å². The van der Waals surface area contributed by atoms with Gasteiger partial charge in [-0.15, -0.1) is 0 Å². The Kier molecular flexibility index (Phi) is 3.59. The van der Waals surface area contributed by atoms with Gasteiger partial charge in [0, 0.05) is 30.9 Å². The molecule has 2 rings (SSSR count). The van der Waals surface area contributed by atoms with Crippen molar-refractivity contribution in [1.82, 2.24) is 4.57 Å². The number of para-hydroxylation sites is 1. The van der Waals surface area contributed by atoms with E-state index >= 15 is 0 Å². The highest BCUT2D eigenvalue weighted by Crippen LogP contribution is 2.19. The second-order valence-corrected chi connectivity index (χ2v) is 3.75. The van der Waals surface area contributed by atoms with Crippen molar-refractivity contribution < 1.29 is 4.74 Å². The molecule has 0 saturated heterocycles. The molecule has 0 bridgehead atoms. The summed E-state index contributed by atoms with van der Waals surface area (Å²) in [5, 5.41) is 1.25. The van der Waals surface area contributed by atoms with Crippen molar-refractivity contribution in [2.45, 2.75) is 20.0 Å². The Morgan fingerprint density at radius 1 is 1.31 bits per heavy atom. The van der Waals surface area contributed by atoms with Crippen LogP contribution in [-0.2, 0) is 17.8 Å². The molecule has 1 aromatic heterocycles. The van der Waals surface area contributed by atoms with E-state index < -0.39 is 0 Å². The molecule has 86 valence electrons. The van der Waals surface area contributed by atoms with Crippen LogP contribution in [0.5, 0.6) is 0 Å². The van der Waals surface area contributed by atoms with Gasteiger partial charge in [-0.3, -0.25) is 0 Å². The highest BCUT2D eigenvalue weighted by Gasteiger charge is 2.06. The average molecular weight is 218 g/mol. The van der Waals surface area contributed by atoms with E-state index in [-0.39, 0.29) is 0 Å². The van der Waals surface area contributed by atoms with Crippen LogP contribution in [0, 0.1) is 0 Å². The van der Waals surface area contributed by atoms with Crippen LogP contribution in [-0.4, -0.2) is 17.8 Å². The molecule has 16 heavy (non-hydrogen) atoms. The molecule has 1 heterocycles. The molecule has 0 aliphatic heterocycles. The SMILES string of the molecule is CCOCCn1c(CN)cc2ccccc21. The Labute approximate surface area is 95.8 Å². The third kappa shape index (κ3) is 2.10. The minimum absolute atomic E-state index is 0.570. The highest BCUT2D eigenvalue weighted by atomic mass is 16.5. The Bertz CT molecular complexity index is 462. The van der Waals surface area contributed by atoms with E-state index in [2.05, 4.69) is 34.9 Å². The molecule has 0 aliphatic carbocycles. The first-order valence-electron chi connectivity index (χ1n) is 5.71. The molecule has 0 unspecified atom stereocenters. The van der Waals surface area contributed by atoms with Gasteiger partial charge < -0.3 is 15.0 Å². The zero-order valence-electron chi connectivity index (χ0n) is 9.65. The average Bonchev–Trinajstić information content (AvgIpc) is 2.68. The van der Waals surface area contributed by atoms with Crippen molar-refractivity contribution in [3.8, 4) is 0 Å². The molecule has 0 amide bonds. The van der Waals surface area contributed by atoms with Gasteiger partial charge in [0.1, 0.15) is 0 Å². The van der Waals surface area contributed by atoms with Gasteiger partial charge in [-0.2, -0.15) is 0 Å². The van der Waals surface area contributed by atoms with E-state index in [0.717, 1.165) is 19.8 Å². The summed E-state index contributed by atoms with van der Waals surface area (Å²) in [4.78, 5) is 0. The maximum absolute atomic E-state index is 5.76. The van der Waals surface area contributed by atoms with Crippen LogP contribution >= 0.6 is 0 Å². The van der Waals surface area contributed by atoms with Gasteiger partial charge in [-0.1, -0.05) is 18.2 Å². The van der Waals surface area contributed by atoms with E-state index in [0.29, 0.717) is 6.54 Å². The van der Waals surface area contributed by atoms with Gasteiger partial charge in [0.15, 0.2) is 0 Å². The lowest BCUT2D eigenvalue weighted by Gasteiger charge is -2.09. The van der Waals surface area contributed by atoms with Crippen LogP contribution in [0.15, 0.2) is 30.3 Å². The molecule has 3 nitrogen and oxygen atoms in total. The lowest BCUT2D eigenvalue weighted by atomic mass is 10.2. The summed E-state index contributed by atoms with van der Waals surface area (Å²) in [6, 6.07) is 10.5. The summed E-state index contributed by atoms with van der Waals surface area (Å²) >= 11 is 0. The number of hydrogen-bond donors (Lipinski definition) is 1. The number of rotatable bonds is 5. The van der Waals surface area contributed by atoms with E-state index in [4.69, 9.17) is 10.5 Å². The van der Waals surface area contributed by atoms with Crippen LogP contribution < -0.4 is 5.73 Å². The molecule has 2 aromatic rings. The highest BCUT2D eigenvalue weighted by molar-refractivity contribution is 5.81. The largest absolute Gasteiger partial charge is 0.380 e. The predicted molar refractivity (Wildman–Crippen MR) is 66.3 cm³/mol. The normalized spacial score (nSPS) is 11.1. The van der Waals surface area contributed by atoms with Gasteiger partial charge in [-0.25, -0.2) is 0 Å². The van der Waals surface area contributed by atoms with Gasteiger partial charge >= 0.3 is 0 Å². The Morgan fingerprint density at radius 2 is 2.12 bits per heavy atom. The monoisotopic (exact) mass is 218 g/mol. The lowest BCUT2D eigenvalue weighted by Crippen LogP contribution is -2.11. The Morgan fingerprint density at radius 3 is 2.88 bits per heavy atom. The smallest absolute Gasteiger partial charge is 0.0645 e. The molecule has 0 atom stereocenters. The maximum atomic E-state index is 5.76. The fourth-order valence-electron chi connectivity index (χ4n) is 2.00. The van der Waals surface area contributed by atoms with Gasteiger partial charge in [0.05, 0.1) is 6.61 Å². The van der Waals surface area contributed by atoms with E-state index in [1.165, 1.54) is 16.6 Å². The first-order valence-corrected chi connectivity index (χ1v) is 5.71. The molecule has 2 N–H and O–H groups in total. The fourth-order valence-corrected chi connectivity index (χ4v) is 2.00. The zero-order valence-corrected chi connectivity index (χ0v) is 9.65. The minimum Gasteiger partial charge on any atom is -0.380 e. The van der Waals surface area contributed by atoms with Crippen LogP contribution in [0.25, 0.3) is 10.9 Å².